The summed E-state index contributed by atoms with van der Waals surface area (Å²) < 4.78 is 36.7. The Labute approximate surface area is 94.4 Å². The van der Waals surface area contributed by atoms with E-state index in [1.807, 2.05) is 6.08 Å². The molecule has 1 atom stereocenters. The average Bonchev–Trinajstić information content (AvgIpc) is 2.67. The summed E-state index contributed by atoms with van der Waals surface area (Å²) in [6, 6.07) is 0.166. The Morgan fingerprint density at radius 3 is 2.69 bits per heavy atom. The maximum atomic E-state index is 12.2. The topological polar surface area (TPSA) is 37.8 Å². The summed E-state index contributed by atoms with van der Waals surface area (Å²) >= 11 is 0.551. The molecule has 1 aromatic heterocycles. The van der Waals surface area contributed by atoms with Gasteiger partial charge in [-0.25, -0.2) is 0 Å². The maximum absolute atomic E-state index is 12.2. The number of anilines is 1. The van der Waals surface area contributed by atoms with Gasteiger partial charge in [-0.2, -0.15) is 13.2 Å². The first-order valence-electron chi connectivity index (χ1n) is 4.88. The molecule has 3 nitrogen and oxygen atoms in total. The zero-order valence-electron chi connectivity index (χ0n) is 8.29. The number of nitrogens with one attached hydrogen (secondary N) is 1. The molecule has 1 aliphatic rings. The SMILES string of the molecule is FC(F)(F)c1nnc(NC2CC=CCC2)s1. The van der Waals surface area contributed by atoms with Gasteiger partial charge in [-0.05, 0) is 19.3 Å². The molecule has 0 aromatic carbocycles. The molecule has 0 spiro atoms. The Kier molecular flexibility index (Phi) is 3.13. The van der Waals surface area contributed by atoms with Gasteiger partial charge in [0.2, 0.25) is 10.1 Å². The molecule has 0 saturated heterocycles. The van der Waals surface area contributed by atoms with E-state index in [1.165, 1.54) is 0 Å². The Bertz CT molecular complexity index is 386. The van der Waals surface area contributed by atoms with Crippen molar-refractivity contribution in [3.05, 3.63) is 17.2 Å². The van der Waals surface area contributed by atoms with Crippen molar-refractivity contribution in [3.63, 3.8) is 0 Å². The zero-order valence-corrected chi connectivity index (χ0v) is 9.11. The summed E-state index contributed by atoms with van der Waals surface area (Å²) in [4.78, 5) is 0. The minimum absolute atomic E-state index is 0.166. The van der Waals surface area contributed by atoms with Crippen molar-refractivity contribution < 1.29 is 13.2 Å². The molecule has 0 aliphatic heterocycles. The van der Waals surface area contributed by atoms with E-state index >= 15 is 0 Å². The highest BCUT2D eigenvalue weighted by Gasteiger charge is 2.35. The molecule has 1 aromatic rings. The molecule has 0 bridgehead atoms. The van der Waals surface area contributed by atoms with Crippen LogP contribution in [-0.4, -0.2) is 16.2 Å². The van der Waals surface area contributed by atoms with Gasteiger partial charge in [0.25, 0.3) is 0 Å². The molecular formula is C9H10F3N3S. The van der Waals surface area contributed by atoms with Crippen LogP contribution < -0.4 is 5.32 Å². The molecule has 16 heavy (non-hydrogen) atoms. The quantitative estimate of drug-likeness (QED) is 0.818. The van der Waals surface area contributed by atoms with Crippen molar-refractivity contribution in [1.82, 2.24) is 10.2 Å². The lowest BCUT2D eigenvalue weighted by molar-refractivity contribution is -0.138. The van der Waals surface area contributed by atoms with Gasteiger partial charge in [-0.1, -0.05) is 23.5 Å². The third-order valence-corrected chi connectivity index (χ3v) is 3.16. The van der Waals surface area contributed by atoms with Gasteiger partial charge >= 0.3 is 6.18 Å². The second kappa shape index (κ2) is 4.40. The molecule has 0 saturated carbocycles. The lowest BCUT2D eigenvalue weighted by Gasteiger charge is -2.17. The van der Waals surface area contributed by atoms with Gasteiger partial charge in [0.05, 0.1) is 0 Å². The molecular weight excluding hydrogens is 239 g/mol. The first kappa shape index (κ1) is 11.4. The van der Waals surface area contributed by atoms with E-state index in [2.05, 4.69) is 21.6 Å². The Hall–Kier alpha value is -1.11. The summed E-state index contributed by atoms with van der Waals surface area (Å²) in [5.41, 5.74) is 0. The number of allylic oxidation sites excluding steroid dienone is 1. The molecule has 1 heterocycles. The minimum Gasteiger partial charge on any atom is -0.357 e. The van der Waals surface area contributed by atoms with Crippen molar-refractivity contribution in [2.75, 3.05) is 5.32 Å². The number of alkyl halides is 3. The second-order valence-electron chi connectivity index (χ2n) is 3.54. The number of hydrogen-bond donors (Lipinski definition) is 1. The van der Waals surface area contributed by atoms with Crippen molar-refractivity contribution in [3.8, 4) is 0 Å². The maximum Gasteiger partial charge on any atom is 0.445 e. The van der Waals surface area contributed by atoms with Gasteiger partial charge < -0.3 is 5.32 Å². The molecule has 0 radical (unpaired) electrons. The molecule has 0 fully saturated rings. The highest BCUT2D eigenvalue weighted by molar-refractivity contribution is 7.15. The van der Waals surface area contributed by atoms with E-state index in [-0.39, 0.29) is 11.2 Å². The van der Waals surface area contributed by atoms with Crippen LogP contribution in [-0.2, 0) is 6.18 Å². The summed E-state index contributed by atoms with van der Waals surface area (Å²) in [6.07, 6.45) is 2.37. The summed E-state index contributed by atoms with van der Waals surface area (Å²) in [6.45, 7) is 0. The lowest BCUT2D eigenvalue weighted by Crippen LogP contribution is -2.19. The van der Waals surface area contributed by atoms with Crippen molar-refractivity contribution in [2.24, 2.45) is 0 Å². The normalized spacial score (nSPS) is 21.1. The molecule has 88 valence electrons. The fourth-order valence-electron chi connectivity index (χ4n) is 1.50. The first-order valence-corrected chi connectivity index (χ1v) is 5.69. The van der Waals surface area contributed by atoms with Crippen LogP contribution in [0.3, 0.4) is 0 Å². The third kappa shape index (κ3) is 2.72. The largest absolute Gasteiger partial charge is 0.445 e. The van der Waals surface area contributed by atoms with Gasteiger partial charge in [-0.3, -0.25) is 0 Å². The number of halogens is 3. The Morgan fingerprint density at radius 1 is 1.31 bits per heavy atom. The predicted octanol–water partition coefficient (Wildman–Crippen LogP) is 3.08. The summed E-state index contributed by atoms with van der Waals surface area (Å²) in [7, 11) is 0. The molecule has 1 aliphatic carbocycles. The summed E-state index contributed by atoms with van der Waals surface area (Å²) in [5, 5.41) is 8.91. The molecule has 1 N–H and O–H groups in total. The first-order chi connectivity index (χ1) is 7.55. The number of rotatable bonds is 2. The zero-order chi connectivity index (χ0) is 11.6. The van der Waals surface area contributed by atoms with Gasteiger partial charge in [0.15, 0.2) is 0 Å². The van der Waals surface area contributed by atoms with E-state index in [0.717, 1.165) is 19.3 Å². The number of hydrogen-bond acceptors (Lipinski definition) is 4. The van der Waals surface area contributed by atoms with Crippen molar-refractivity contribution >= 4 is 16.5 Å². The number of nitrogens with zero attached hydrogens (tertiary/aromatic N) is 2. The Morgan fingerprint density at radius 2 is 2.12 bits per heavy atom. The van der Waals surface area contributed by atoms with E-state index in [1.54, 1.807) is 0 Å². The average molecular weight is 249 g/mol. The van der Waals surface area contributed by atoms with Crippen molar-refractivity contribution in [1.29, 1.82) is 0 Å². The number of aromatic nitrogens is 2. The van der Waals surface area contributed by atoms with Crippen LogP contribution in [0.2, 0.25) is 0 Å². The van der Waals surface area contributed by atoms with Crippen LogP contribution in [0.15, 0.2) is 12.2 Å². The minimum atomic E-state index is -4.40. The fraction of sp³-hybridized carbons (Fsp3) is 0.556. The van der Waals surface area contributed by atoms with Crippen LogP contribution in [0.1, 0.15) is 24.3 Å². The third-order valence-electron chi connectivity index (χ3n) is 2.26. The standard InChI is InChI=1S/C9H10F3N3S/c10-9(11,12)7-14-15-8(16-7)13-6-4-2-1-3-5-6/h1-2,6H,3-5H2,(H,13,15). The second-order valence-corrected chi connectivity index (χ2v) is 4.51. The van der Waals surface area contributed by atoms with Gasteiger partial charge in [0, 0.05) is 6.04 Å². The van der Waals surface area contributed by atoms with Crippen LogP contribution >= 0.6 is 11.3 Å². The Balaban J connectivity index is 2.00. The van der Waals surface area contributed by atoms with Gasteiger partial charge in [-0.15, -0.1) is 10.2 Å². The van der Waals surface area contributed by atoms with Crippen LogP contribution in [0, 0.1) is 0 Å². The van der Waals surface area contributed by atoms with E-state index in [4.69, 9.17) is 0 Å². The molecule has 0 amide bonds. The monoisotopic (exact) mass is 249 g/mol. The van der Waals surface area contributed by atoms with Crippen LogP contribution in [0.4, 0.5) is 18.3 Å². The fourth-order valence-corrected chi connectivity index (χ4v) is 2.18. The molecule has 7 heteroatoms. The highest BCUT2D eigenvalue weighted by Crippen LogP contribution is 2.33. The van der Waals surface area contributed by atoms with E-state index in [9.17, 15) is 13.2 Å². The predicted molar refractivity (Wildman–Crippen MR) is 55.3 cm³/mol. The smallest absolute Gasteiger partial charge is 0.357 e. The van der Waals surface area contributed by atoms with Gasteiger partial charge in [0.1, 0.15) is 0 Å². The molecule has 2 rings (SSSR count). The van der Waals surface area contributed by atoms with Crippen molar-refractivity contribution in [2.45, 2.75) is 31.5 Å². The van der Waals surface area contributed by atoms with E-state index in [0.29, 0.717) is 11.3 Å². The lowest BCUT2D eigenvalue weighted by atomic mass is 10.0. The highest BCUT2D eigenvalue weighted by atomic mass is 32.1. The van der Waals surface area contributed by atoms with Crippen LogP contribution in [0.5, 0.6) is 0 Å². The summed E-state index contributed by atoms with van der Waals surface area (Å²) in [5.74, 6) is 0. The van der Waals surface area contributed by atoms with E-state index < -0.39 is 11.2 Å². The van der Waals surface area contributed by atoms with Crippen LogP contribution in [0.25, 0.3) is 0 Å². The molecule has 1 unspecified atom stereocenters.